The van der Waals surface area contributed by atoms with Crippen molar-refractivity contribution in [3.8, 4) is 0 Å². The number of likely N-dealkylation sites (tertiary alicyclic amines) is 1. The third kappa shape index (κ3) is 16.7. The van der Waals surface area contributed by atoms with Gasteiger partial charge in [-0.15, -0.1) is 0 Å². The molecule has 0 radical (unpaired) electrons. The average molecular weight is 655 g/mol. The van der Waals surface area contributed by atoms with Crippen LogP contribution in [0.15, 0.2) is 72.8 Å². The molecule has 0 saturated carbocycles. The summed E-state index contributed by atoms with van der Waals surface area (Å²) in [6.45, 7) is 23.9. The number of benzene rings is 2. The molecule has 1 aliphatic heterocycles. The maximum Gasteiger partial charge on any atom is 0.333 e. The third-order valence-electron chi connectivity index (χ3n) is 7.49. The zero-order chi connectivity index (χ0) is 34.4. The van der Waals surface area contributed by atoms with Gasteiger partial charge in [0.05, 0.1) is 33.4 Å². The molecular weight excluding hydrogens is 593 g/mol. The van der Waals surface area contributed by atoms with Crippen molar-refractivity contribution in [2.45, 2.75) is 92.5 Å². The molecule has 0 N–H and O–H groups in total. The molecule has 0 aliphatic carbocycles. The van der Waals surface area contributed by atoms with Crippen LogP contribution in [0.4, 0.5) is 0 Å². The van der Waals surface area contributed by atoms with Gasteiger partial charge in [0.1, 0.15) is 0 Å². The maximum atomic E-state index is 12.3. The first-order valence-corrected chi connectivity index (χ1v) is 20.7. The Morgan fingerprint density at radius 2 is 1.48 bits per heavy atom. The molecule has 0 amide bonds. The highest BCUT2D eigenvalue weighted by Crippen LogP contribution is 2.37. The van der Waals surface area contributed by atoms with Crippen LogP contribution < -0.4 is 0 Å². The van der Waals surface area contributed by atoms with Crippen molar-refractivity contribution in [3.05, 3.63) is 83.9 Å². The highest BCUT2D eigenvalue weighted by molar-refractivity contribution is 6.76. The standard InChI is InChI=1S/C17H25NO2.C13H23NOSi.C8H14O2/c1-3-10-17(16(19)20-4-2)11-12-18(14-17)13-15-8-6-5-7-9-15;1-15-11-14(12-16(2,3)4)10-13-8-6-5-7-9-13;1-4-6-7(3)8(9)10-5-2/h5-9H,3-4,10-14H2,1-2H3;5-9H,10-12H2,1-4H3;3-6H2,1-2H3. The van der Waals surface area contributed by atoms with E-state index in [1.807, 2.05) is 19.9 Å². The molecule has 1 heterocycles. The minimum Gasteiger partial charge on any atom is -0.466 e. The van der Waals surface area contributed by atoms with E-state index in [1.165, 1.54) is 17.3 Å². The number of carbonyl (C=O) groups is 2. The summed E-state index contributed by atoms with van der Waals surface area (Å²) in [5, 5.41) is 0. The van der Waals surface area contributed by atoms with E-state index in [0.717, 1.165) is 65.0 Å². The van der Waals surface area contributed by atoms with Gasteiger partial charge >= 0.3 is 11.9 Å². The summed E-state index contributed by atoms with van der Waals surface area (Å²) in [5.41, 5.74) is 2.96. The van der Waals surface area contributed by atoms with Gasteiger partial charge < -0.3 is 14.2 Å². The molecule has 1 saturated heterocycles. The quantitative estimate of drug-likeness (QED) is 0.0784. The second-order valence-electron chi connectivity index (χ2n) is 13.2. The van der Waals surface area contributed by atoms with Gasteiger partial charge in [0.2, 0.25) is 0 Å². The van der Waals surface area contributed by atoms with Gasteiger partial charge in [0.25, 0.3) is 0 Å². The van der Waals surface area contributed by atoms with Gasteiger partial charge in [0.15, 0.2) is 0 Å². The fourth-order valence-electron chi connectivity index (χ4n) is 5.65. The highest BCUT2D eigenvalue weighted by Gasteiger charge is 2.44. The Morgan fingerprint density at radius 3 is 1.98 bits per heavy atom. The van der Waals surface area contributed by atoms with Crippen molar-refractivity contribution in [2.24, 2.45) is 5.41 Å². The summed E-state index contributed by atoms with van der Waals surface area (Å²) in [5.74, 6) is -0.262. The van der Waals surface area contributed by atoms with E-state index in [0.29, 0.717) is 18.8 Å². The summed E-state index contributed by atoms with van der Waals surface area (Å²) < 4.78 is 15.3. The highest BCUT2D eigenvalue weighted by atomic mass is 28.3. The summed E-state index contributed by atoms with van der Waals surface area (Å²) in [6.07, 6.45) is 5.73. The molecule has 1 atom stereocenters. The lowest BCUT2D eigenvalue weighted by Crippen LogP contribution is -2.40. The van der Waals surface area contributed by atoms with Crippen LogP contribution in [-0.4, -0.2) is 76.1 Å². The molecule has 0 spiro atoms. The van der Waals surface area contributed by atoms with E-state index in [-0.39, 0.29) is 17.4 Å². The Balaban J connectivity index is 0.000000366. The Bertz CT molecular complexity index is 1110. The van der Waals surface area contributed by atoms with Crippen LogP contribution in [0.5, 0.6) is 0 Å². The molecule has 0 bridgehead atoms. The van der Waals surface area contributed by atoms with Crippen molar-refractivity contribution in [3.63, 3.8) is 0 Å². The summed E-state index contributed by atoms with van der Waals surface area (Å²) in [4.78, 5) is 27.9. The lowest BCUT2D eigenvalue weighted by molar-refractivity contribution is -0.155. The fourth-order valence-corrected chi connectivity index (χ4v) is 7.19. The Labute approximate surface area is 281 Å². The normalized spacial score (nSPS) is 16.1. The zero-order valence-electron chi connectivity index (χ0n) is 30.1. The van der Waals surface area contributed by atoms with Crippen molar-refractivity contribution in [1.82, 2.24) is 9.80 Å². The predicted octanol–water partition coefficient (Wildman–Crippen LogP) is 8.12. The van der Waals surface area contributed by atoms with E-state index in [1.54, 1.807) is 14.0 Å². The number of esters is 2. The molecule has 46 heavy (non-hydrogen) atoms. The van der Waals surface area contributed by atoms with Gasteiger partial charge in [0, 0.05) is 32.3 Å². The minimum atomic E-state index is -1.07. The molecule has 3 rings (SSSR count). The number of ether oxygens (including phenoxy) is 3. The Kier molecular flexibility index (Phi) is 20.3. The molecular formula is C38H62N2O5Si. The fraction of sp³-hybridized carbons (Fsp3) is 0.579. The van der Waals surface area contributed by atoms with Gasteiger partial charge in [-0.25, -0.2) is 4.79 Å². The van der Waals surface area contributed by atoms with E-state index < -0.39 is 8.07 Å². The van der Waals surface area contributed by atoms with Crippen LogP contribution in [0, 0.1) is 5.41 Å². The Hall–Kier alpha value is -2.78. The second kappa shape index (κ2) is 22.7. The van der Waals surface area contributed by atoms with E-state index in [4.69, 9.17) is 14.2 Å². The van der Waals surface area contributed by atoms with E-state index >= 15 is 0 Å². The van der Waals surface area contributed by atoms with Gasteiger partial charge in [-0.05, 0) is 56.9 Å². The SMILES string of the molecule is C=C(CCC)C(=O)OCC.CCCC1(C(=O)OCC)CCN(Cc2ccccc2)C1.COCN(Cc1ccccc1)C[Si](C)(C)C. The van der Waals surface area contributed by atoms with Gasteiger partial charge in [-0.3, -0.25) is 14.6 Å². The van der Waals surface area contributed by atoms with Crippen LogP contribution in [0.1, 0.15) is 70.9 Å². The third-order valence-corrected chi connectivity index (χ3v) is 8.89. The molecule has 2 aromatic carbocycles. The molecule has 2 aromatic rings. The van der Waals surface area contributed by atoms with Crippen LogP contribution in [0.2, 0.25) is 19.6 Å². The molecule has 258 valence electrons. The van der Waals surface area contributed by atoms with Gasteiger partial charge in [-0.1, -0.05) is 114 Å². The number of carbonyl (C=O) groups excluding carboxylic acids is 2. The topological polar surface area (TPSA) is 68.3 Å². The largest absolute Gasteiger partial charge is 0.466 e. The van der Waals surface area contributed by atoms with E-state index in [2.05, 4.69) is 97.5 Å². The number of hydrogen-bond donors (Lipinski definition) is 0. The number of rotatable bonds is 16. The Morgan fingerprint density at radius 1 is 0.891 bits per heavy atom. The minimum absolute atomic E-state index is 0.00240. The first-order valence-electron chi connectivity index (χ1n) is 17.0. The van der Waals surface area contributed by atoms with Crippen LogP contribution in [-0.2, 0) is 36.9 Å². The van der Waals surface area contributed by atoms with Crippen LogP contribution in [0.25, 0.3) is 0 Å². The molecule has 1 aliphatic rings. The smallest absolute Gasteiger partial charge is 0.333 e. The van der Waals surface area contributed by atoms with Crippen LogP contribution in [0.3, 0.4) is 0 Å². The maximum absolute atomic E-state index is 12.3. The predicted molar refractivity (Wildman–Crippen MR) is 193 cm³/mol. The summed E-state index contributed by atoms with van der Waals surface area (Å²) in [7, 11) is 0.701. The number of methoxy groups -OCH3 is 1. The molecule has 8 heteroatoms. The second-order valence-corrected chi connectivity index (χ2v) is 18.7. The molecule has 0 aromatic heterocycles. The number of hydrogen-bond acceptors (Lipinski definition) is 7. The summed E-state index contributed by atoms with van der Waals surface area (Å²) in [6, 6.07) is 21.0. The number of nitrogens with zero attached hydrogens (tertiary/aromatic N) is 2. The molecule has 1 unspecified atom stereocenters. The van der Waals surface area contributed by atoms with Gasteiger partial charge in [-0.2, -0.15) is 0 Å². The van der Waals surface area contributed by atoms with Crippen molar-refractivity contribution in [1.29, 1.82) is 0 Å². The monoisotopic (exact) mass is 654 g/mol. The van der Waals surface area contributed by atoms with Crippen molar-refractivity contribution < 1.29 is 23.8 Å². The van der Waals surface area contributed by atoms with Crippen molar-refractivity contribution >= 4 is 20.0 Å². The van der Waals surface area contributed by atoms with Crippen LogP contribution >= 0.6 is 0 Å². The molecule has 1 fully saturated rings. The zero-order valence-corrected chi connectivity index (χ0v) is 31.1. The first-order chi connectivity index (χ1) is 21.9. The van der Waals surface area contributed by atoms with E-state index in [9.17, 15) is 9.59 Å². The lowest BCUT2D eigenvalue weighted by atomic mass is 9.82. The average Bonchev–Trinajstić information content (AvgIpc) is 3.42. The molecule has 7 nitrogen and oxygen atoms in total. The lowest BCUT2D eigenvalue weighted by Gasteiger charge is -2.28. The summed E-state index contributed by atoms with van der Waals surface area (Å²) >= 11 is 0. The first kappa shape index (κ1) is 41.2. The van der Waals surface area contributed by atoms with Crippen molar-refractivity contribution in [2.75, 3.05) is 46.3 Å².